The third-order valence-corrected chi connectivity index (χ3v) is 3.76. The summed E-state index contributed by atoms with van der Waals surface area (Å²) in [6.07, 6.45) is 1.11. The lowest BCUT2D eigenvalue weighted by Gasteiger charge is -2.34. The van der Waals surface area contributed by atoms with Crippen molar-refractivity contribution in [1.29, 1.82) is 0 Å². The minimum Gasteiger partial charge on any atom is -0.368 e. The van der Waals surface area contributed by atoms with Crippen LogP contribution in [0.2, 0.25) is 0 Å². The van der Waals surface area contributed by atoms with Crippen LogP contribution in [-0.2, 0) is 16.0 Å². The average Bonchev–Trinajstić information content (AvgIpc) is 2.46. The molecule has 3 N–H and O–H groups in total. The lowest BCUT2D eigenvalue weighted by molar-refractivity contribution is -0.140. The Hall–Kier alpha value is -1.88. The van der Waals surface area contributed by atoms with Crippen molar-refractivity contribution in [1.82, 2.24) is 10.2 Å². The first-order valence-electron chi connectivity index (χ1n) is 6.93. The van der Waals surface area contributed by atoms with Crippen LogP contribution in [0.5, 0.6) is 0 Å². The molecule has 1 aromatic rings. The second kappa shape index (κ2) is 6.52. The van der Waals surface area contributed by atoms with Crippen LogP contribution < -0.4 is 11.1 Å². The molecule has 20 heavy (non-hydrogen) atoms. The van der Waals surface area contributed by atoms with Gasteiger partial charge in [0.05, 0.1) is 0 Å². The van der Waals surface area contributed by atoms with Crippen molar-refractivity contribution in [3.05, 3.63) is 35.4 Å². The number of piperazine rings is 1. The Balaban J connectivity index is 1.97. The van der Waals surface area contributed by atoms with Crippen LogP contribution >= 0.6 is 0 Å². The monoisotopic (exact) mass is 275 g/mol. The molecule has 1 heterocycles. The summed E-state index contributed by atoms with van der Waals surface area (Å²) in [6.45, 7) is 3.74. The topological polar surface area (TPSA) is 75.4 Å². The van der Waals surface area contributed by atoms with Gasteiger partial charge in [-0.25, -0.2) is 0 Å². The van der Waals surface area contributed by atoms with E-state index in [0.29, 0.717) is 32.5 Å². The second-order valence-corrected chi connectivity index (χ2v) is 5.14. The molecule has 0 radical (unpaired) electrons. The number of aryl methyl sites for hydroxylation is 2. The fraction of sp³-hybridized carbons (Fsp3) is 0.467. The van der Waals surface area contributed by atoms with Gasteiger partial charge < -0.3 is 16.0 Å². The Kier molecular flexibility index (Phi) is 4.74. The molecule has 2 rings (SSSR count). The van der Waals surface area contributed by atoms with Gasteiger partial charge in [-0.3, -0.25) is 9.59 Å². The zero-order chi connectivity index (χ0) is 14.5. The number of carbonyl (C=O) groups is 2. The standard InChI is InChI=1S/C15H21N3O2/c1-11-4-2-3-5-12(11)6-7-14(19)18-9-8-17-10-13(18)15(16)20/h2-5,13,17H,6-10H2,1H3,(H2,16,20). The van der Waals surface area contributed by atoms with Gasteiger partial charge in [-0.05, 0) is 24.5 Å². The molecule has 0 spiro atoms. The van der Waals surface area contributed by atoms with Crippen molar-refractivity contribution >= 4 is 11.8 Å². The highest BCUT2D eigenvalue weighted by molar-refractivity contribution is 5.87. The Bertz CT molecular complexity index is 502. The van der Waals surface area contributed by atoms with Gasteiger partial charge in [0.2, 0.25) is 11.8 Å². The lowest BCUT2D eigenvalue weighted by atomic mass is 10.0. The van der Waals surface area contributed by atoms with Gasteiger partial charge in [0.15, 0.2) is 0 Å². The third kappa shape index (κ3) is 3.36. The molecule has 0 bridgehead atoms. The van der Waals surface area contributed by atoms with E-state index in [-0.39, 0.29) is 5.91 Å². The largest absolute Gasteiger partial charge is 0.368 e. The number of hydrogen-bond acceptors (Lipinski definition) is 3. The van der Waals surface area contributed by atoms with Crippen LogP contribution in [0.15, 0.2) is 24.3 Å². The highest BCUT2D eigenvalue weighted by Crippen LogP contribution is 2.12. The van der Waals surface area contributed by atoms with Crippen LogP contribution in [-0.4, -0.2) is 42.4 Å². The molecule has 1 fully saturated rings. The zero-order valence-electron chi connectivity index (χ0n) is 11.8. The summed E-state index contributed by atoms with van der Waals surface area (Å²) < 4.78 is 0. The molecule has 108 valence electrons. The van der Waals surface area contributed by atoms with Gasteiger partial charge >= 0.3 is 0 Å². The number of nitrogens with one attached hydrogen (secondary N) is 1. The quantitative estimate of drug-likeness (QED) is 0.825. The minimum atomic E-state index is -0.520. The number of hydrogen-bond donors (Lipinski definition) is 2. The molecule has 1 aliphatic rings. The molecule has 1 unspecified atom stereocenters. The molecule has 0 aromatic heterocycles. The molecule has 0 aliphatic carbocycles. The summed E-state index contributed by atoms with van der Waals surface area (Å²) >= 11 is 0. The van der Waals surface area contributed by atoms with Crippen LogP contribution in [0.1, 0.15) is 17.5 Å². The predicted molar refractivity (Wildman–Crippen MR) is 77.1 cm³/mol. The number of benzene rings is 1. The number of rotatable bonds is 4. The number of carbonyl (C=O) groups excluding carboxylic acids is 2. The second-order valence-electron chi connectivity index (χ2n) is 5.14. The van der Waals surface area contributed by atoms with Gasteiger partial charge in [0.25, 0.3) is 0 Å². The first-order chi connectivity index (χ1) is 9.59. The van der Waals surface area contributed by atoms with Crippen LogP contribution in [0.4, 0.5) is 0 Å². The number of amides is 2. The average molecular weight is 275 g/mol. The number of nitrogens with two attached hydrogens (primary N) is 1. The van der Waals surface area contributed by atoms with E-state index in [1.807, 2.05) is 31.2 Å². The molecule has 0 saturated carbocycles. The maximum absolute atomic E-state index is 12.3. The van der Waals surface area contributed by atoms with E-state index < -0.39 is 11.9 Å². The molecule has 1 aliphatic heterocycles. The fourth-order valence-electron chi connectivity index (χ4n) is 2.53. The molecular formula is C15H21N3O2. The molecule has 1 aromatic carbocycles. The van der Waals surface area contributed by atoms with Crippen molar-refractivity contribution in [3.63, 3.8) is 0 Å². The van der Waals surface area contributed by atoms with Crippen LogP contribution in [0, 0.1) is 6.92 Å². The van der Waals surface area contributed by atoms with E-state index >= 15 is 0 Å². The number of primary amides is 1. The SMILES string of the molecule is Cc1ccccc1CCC(=O)N1CCNCC1C(N)=O. The summed E-state index contributed by atoms with van der Waals surface area (Å²) in [5.41, 5.74) is 7.71. The maximum atomic E-state index is 12.3. The van der Waals surface area contributed by atoms with Crippen molar-refractivity contribution in [2.45, 2.75) is 25.8 Å². The first kappa shape index (κ1) is 14.5. The molecule has 1 atom stereocenters. The molecule has 1 saturated heterocycles. The molecule has 5 nitrogen and oxygen atoms in total. The molecular weight excluding hydrogens is 254 g/mol. The molecule has 2 amide bonds. The van der Waals surface area contributed by atoms with E-state index in [1.54, 1.807) is 4.90 Å². The van der Waals surface area contributed by atoms with Crippen molar-refractivity contribution in [2.75, 3.05) is 19.6 Å². The van der Waals surface area contributed by atoms with Crippen LogP contribution in [0.25, 0.3) is 0 Å². The van der Waals surface area contributed by atoms with Crippen molar-refractivity contribution in [2.24, 2.45) is 5.73 Å². The highest BCUT2D eigenvalue weighted by atomic mass is 16.2. The van der Waals surface area contributed by atoms with Crippen molar-refractivity contribution in [3.8, 4) is 0 Å². The Morgan fingerprint density at radius 2 is 2.15 bits per heavy atom. The summed E-state index contributed by atoms with van der Waals surface area (Å²) in [6, 6.07) is 7.51. The van der Waals surface area contributed by atoms with Gasteiger partial charge in [0.1, 0.15) is 6.04 Å². The van der Waals surface area contributed by atoms with E-state index in [1.165, 1.54) is 11.1 Å². The fourth-order valence-corrected chi connectivity index (χ4v) is 2.53. The van der Waals surface area contributed by atoms with Gasteiger partial charge in [-0.2, -0.15) is 0 Å². The predicted octanol–water partition coefficient (Wildman–Crippen LogP) is 0.213. The number of nitrogens with zero attached hydrogens (tertiary/aromatic N) is 1. The minimum absolute atomic E-state index is 0.00134. The van der Waals surface area contributed by atoms with E-state index in [4.69, 9.17) is 5.73 Å². The Labute approximate surface area is 119 Å². The van der Waals surface area contributed by atoms with E-state index in [0.717, 1.165) is 0 Å². The van der Waals surface area contributed by atoms with E-state index in [2.05, 4.69) is 5.32 Å². The van der Waals surface area contributed by atoms with Crippen molar-refractivity contribution < 1.29 is 9.59 Å². The zero-order valence-corrected chi connectivity index (χ0v) is 11.8. The van der Waals surface area contributed by atoms with Gasteiger partial charge in [0, 0.05) is 26.1 Å². The summed E-state index contributed by atoms with van der Waals surface area (Å²) in [7, 11) is 0. The Morgan fingerprint density at radius 1 is 1.40 bits per heavy atom. The molecule has 5 heteroatoms. The normalized spacial score (nSPS) is 18.9. The van der Waals surface area contributed by atoms with E-state index in [9.17, 15) is 9.59 Å². The highest BCUT2D eigenvalue weighted by Gasteiger charge is 2.30. The summed E-state index contributed by atoms with van der Waals surface area (Å²) in [4.78, 5) is 25.3. The summed E-state index contributed by atoms with van der Waals surface area (Å²) in [5.74, 6) is -0.444. The van der Waals surface area contributed by atoms with Crippen LogP contribution in [0.3, 0.4) is 0 Å². The third-order valence-electron chi connectivity index (χ3n) is 3.76. The van der Waals surface area contributed by atoms with Gasteiger partial charge in [-0.15, -0.1) is 0 Å². The first-order valence-corrected chi connectivity index (χ1v) is 6.93. The smallest absolute Gasteiger partial charge is 0.241 e. The van der Waals surface area contributed by atoms with Gasteiger partial charge in [-0.1, -0.05) is 24.3 Å². The maximum Gasteiger partial charge on any atom is 0.241 e. The Morgan fingerprint density at radius 3 is 2.85 bits per heavy atom. The summed E-state index contributed by atoms with van der Waals surface area (Å²) in [5, 5.41) is 3.09. The lowest BCUT2D eigenvalue weighted by Crippen LogP contribution is -2.58.